The summed E-state index contributed by atoms with van der Waals surface area (Å²) in [7, 11) is 1.32. The third kappa shape index (κ3) is 4.37. The third-order valence-electron chi connectivity index (χ3n) is 13.5. The molecule has 1 spiro atoms. The van der Waals surface area contributed by atoms with Gasteiger partial charge in [-0.2, -0.15) is 0 Å². The molecule has 48 heavy (non-hydrogen) atoms. The molecule has 3 aliphatic carbocycles. The minimum atomic E-state index is -1.81. The molecule has 12 unspecified atom stereocenters. The Morgan fingerprint density at radius 3 is 2.29 bits per heavy atom. The summed E-state index contributed by atoms with van der Waals surface area (Å²) in [6, 6.07) is 1.77. The molecule has 12 atom stereocenters. The molecular formula is C37H50O11. The number of carbonyl (C=O) groups is 5. The highest BCUT2D eigenvalue weighted by molar-refractivity contribution is 5.93. The lowest BCUT2D eigenvalue weighted by Gasteiger charge is -2.79. The molecule has 1 aromatic rings. The molecule has 0 N–H and O–H groups in total. The number of ether oxygens (including phenoxy) is 5. The number of fused-ring (bicyclic) bond motifs is 4. The Balaban J connectivity index is 1.59. The standard InChI is InChI=1S/C37H50O11/c1-10-19(3)31(41)46-30-26-28(40)35(8,23(33(30,5)6)16-24(38)43-9)22-12-14-34(7)29(21-13-15-44-18-21)45-25(39)17-36(34)27(22)37(26,48-36)47-32(42)20(4)11-2/h13,15,18-20,22-23,26-27,29-30H,10-12,14,16-17H2,1-9H3. The average molecular weight is 671 g/mol. The smallest absolute Gasteiger partial charge is 0.311 e. The van der Waals surface area contributed by atoms with Crippen LogP contribution in [0.5, 0.6) is 0 Å². The number of esters is 4. The molecule has 6 rings (SSSR count). The van der Waals surface area contributed by atoms with Gasteiger partial charge < -0.3 is 28.1 Å². The van der Waals surface area contributed by atoms with E-state index in [0.717, 1.165) is 0 Å². The minimum Gasteiger partial charge on any atom is -0.472 e. The minimum absolute atomic E-state index is 0.0798. The first kappa shape index (κ1) is 34.6. The number of furan rings is 1. The molecule has 11 heteroatoms. The van der Waals surface area contributed by atoms with Gasteiger partial charge in [0.25, 0.3) is 0 Å². The summed E-state index contributed by atoms with van der Waals surface area (Å²) in [6.07, 6.45) is 3.13. The number of cyclic esters (lactones) is 1. The van der Waals surface area contributed by atoms with Crippen molar-refractivity contribution in [2.75, 3.05) is 7.11 Å². The van der Waals surface area contributed by atoms with Crippen LogP contribution in [0.4, 0.5) is 0 Å². The van der Waals surface area contributed by atoms with Gasteiger partial charge in [-0.05, 0) is 43.6 Å². The van der Waals surface area contributed by atoms with Crippen molar-refractivity contribution in [3.05, 3.63) is 24.2 Å². The van der Waals surface area contributed by atoms with Gasteiger partial charge >= 0.3 is 23.9 Å². The molecule has 5 fully saturated rings. The maximum Gasteiger partial charge on any atom is 0.311 e. The van der Waals surface area contributed by atoms with Crippen LogP contribution < -0.4 is 0 Å². The SMILES string of the molecule is CCC(C)C(=O)OC1C2C(=O)C(C)(C3CCC4(C)C(c5ccoc5)OC(=O)CC45OC2(OC(=O)C(C)CC)C35)C(CC(=O)OC)C1(C)C. The molecule has 0 radical (unpaired) electrons. The molecule has 1 aromatic heterocycles. The molecule has 0 amide bonds. The van der Waals surface area contributed by atoms with E-state index in [1.165, 1.54) is 13.4 Å². The number of methoxy groups -OCH3 is 1. The summed E-state index contributed by atoms with van der Waals surface area (Å²) in [4.78, 5) is 69.4. The van der Waals surface area contributed by atoms with Crippen LogP contribution in [0.25, 0.3) is 0 Å². The maximum atomic E-state index is 15.3. The van der Waals surface area contributed by atoms with Crippen molar-refractivity contribution in [1.82, 2.24) is 0 Å². The predicted octanol–water partition coefficient (Wildman–Crippen LogP) is 5.74. The molecule has 3 heterocycles. The quantitative estimate of drug-likeness (QED) is 0.234. The fourth-order valence-corrected chi connectivity index (χ4v) is 10.4. The zero-order chi connectivity index (χ0) is 35.2. The van der Waals surface area contributed by atoms with Gasteiger partial charge in [-0.3, -0.25) is 24.0 Å². The van der Waals surface area contributed by atoms with E-state index in [4.69, 9.17) is 28.1 Å². The summed E-state index contributed by atoms with van der Waals surface area (Å²) in [6.45, 7) is 15.0. The van der Waals surface area contributed by atoms with Crippen LogP contribution in [0.3, 0.4) is 0 Å². The molecular weight excluding hydrogens is 620 g/mol. The second-order valence-corrected chi connectivity index (χ2v) is 16.0. The first-order chi connectivity index (χ1) is 22.5. The number of Topliss-reactive ketones (excluding diaryl/α,β-unsaturated/α-hetero) is 1. The molecule has 264 valence electrons. The van der Waals surface area contributed by atoms with E-state index in [-0.39, 0.29) is 18.6 Å². The number of carbonyl (C=O) groups excluding carboxylic acids is 5. The largest absolute Gasteiger partial charge is 0.472 e. The van der Waals surface area contributed by atoms with E-state index >= 15 is 4.79 Å². The van der Waals surface area contributed by atoms with Gasteiger partial charge in [0.15, 0.2) is 5.78 Å². The molecule has 0 aromatic carbocycles. The zero-order valence-corrected chi connectivity index (χ0v) is 29.6. The van der Waals surface area contributed by atoms with E-state index in [2.05, 4.69) is 0 Å². The summed E-state index contributed by atoms with van der Waals surface area (Å²) in [5.74, 6) is -7.90. The van der Waals surface area contributed by atoms with Crippen molar-refractivity contribution in [1.29, 1.82) is 0 Å². The molecule has 11 nitrogen and oxygen atoms in total. The Hall–Kier alpha value is -3.21. The summed E-state index contributed by atoms with van der Waals surface area (Å²) in [5, 5.41) is 0. The Bertz CT molecular complexity index is 1500. The van der Waals surface area contributed by atoms with E-state index in [9.17, 15) is 19.2 Å². The van der Waals surface area contributed by atoms with E-state index < -0.39 is 99.2 Å². The number of ketones is 1. The highest BCUT2D eigenvalue weighted by Gasteiger charge is 2.90. The van der Waals surface area contributed by atoms with Crippen LogP contribution in [0.15, 0.2) is 23.0 Å². The van der Waals surface area contributed by atoms with Crippen molar-refractivity contribution >= 4 is 29.7 Å². The van der Waals surface area contributed by atoms with Crippen LogP contribution in [0.2, 0.25) is 0 Å². The number of hydrogen-bond donors (Lipinski definition) is 0. The van der Waals surface area contributed by atoms with Crippen molar-refractivity contribution in [3.8, 4) is 0 Å². The topological polar surface area (TPSA) is 145 Å². The lowest BCUT2D eigenvalue weighted by Crippen LogP contribution is -2.90. The lowest BCUT2D eigenvalue weighted by molar-refractivity contribution is -0.505. The van der Waals surface area contributed by atoms with Crippen LogP contribution in [0.1, 0.15) is 106 Å². The number of rotatable bonds is 9. The Morgan fingerprint density at radius 1 is 1.02 bits per heavy atom. The van der Waals surface area contributed by atoms with Gasteiger partial charge in [0.2, 0.25) is 5.79 Å². The second-order valence-electron chi connectivity index (χ2n) is 16.0. The molecule has 5 aliphatic rings. The van der Waals surface area contributed by atoms with Gasteiger partial charge in [-0.1, -0.05) is 55.4 Å². The fourth-order valence-electron chi connectivity index (χ4n) is 10.4. The van der Waals surface area contributed by atoms with E-state index in [1.807, 2.05) is 41.5 Å². The van der Waals surface area contributed by atoms with Crippen LogP contribution in [-0.2, 0) is 47.7 Å². The van der Waals surface area contributed by atoms with Crippen molar-refractivity contribution in [3.63, 3.8) is 0 Å². The zero-order valence-electron chi connectivity index (χ0n) is 29.6. The Labute approximate surface area is 282 Å². The second kappa shape index (κ2) is 11.4. The van der Waals surface area contributed by atoms with Crippen LogP contribution in [-0.4, -0.2) is 54.3 Å². The van der Waals surface area contributed by atoms with Crippen molar-refractivity contribution in [2.24, 2.45) is 51.8 Å². The highest BCUT2D eigenvalue weighted by Crippen LogP contribution is 2.80. The monoisotopic (exact) mass is 670 g/mol. The molecule has 3 saturated carbocycles. The van der Waals surface area contributed by atoms with Gasteiger partial charge in [0.1, 0.15) is 23.7 Å². The molecule has 2 bridgehead atoms. The first-order valence-electron chi connectivity index (χ1n) is 17.5. The van der Waals surface area contributed by atoms with E-state index in [1.54, 1.807) is 26.2 Å². The maximum absolute atomic E-state index is 15.3. The lowest BCUT2D eigenvalue weighted by atomic mass is 9.33. The average Bonchev–Trinajstić information content (AvgIpc) is 3.58. The summed E-state index contributed by atoms with van der Waals surface area (Å²) < 4.78 is 36.6. The van der Waals surface area contributed by atoms with E-state index in [0.29, 0.717) is 31.2 Å². The normalized spacial score (nSPS) is 41.8. The number of hydrogen-bond acceptors (Lipinski definition) is 11. The van der Waals surface area contributed by atoms with Crippen molar-refractivity contribution < 1.29 is 52.1 Å². The third-order valence-corrected chi connectivity index (χ3v) is 13.5. The van der Waals surface area contributed by atoms with Crippen LogP contribution in [0, 0.1) is 51.8 Å². The van der Waals surface area contributed by atoms with Gasteiger partial charge in [-0.15, -0.1) is 0 Å². The predicted molar refractivity (Wildman–Crippen MR) is 168 cm³/mol. The Kier molecular flexibility index (Phi) is 8.24. The Morgan fingerprint density at radius 2 is 1.69 bits per heavy atom. The van der Waals surface area contributed by atoms with Crippen LogP contribution >= 0.6 is 0 Å². The molecule has 2 aliphatic heterocycles. The van der Waals surface area contributed by atoms with Crippen molar-refractivity contribution in [2.45, 2.75) is 118 Å². The summed E-state index contributed by atoms with van der Waals surface area (Å²) >= 11 is 0. The van der Waals surface area contributed by atoms with Gasteiger partial charge in [-0.25, -0.2) is 0 Å². The summed E-state index contributed by atoms with van der Waals surface area (Å²) in [5.41, 5.74) is -3.39. The fraction of sp³-hybridized carbons (Fsp3) is 0.757. The van der Waals surface area contributed by atoms with Gasteiger partial charge in [0.05, 0.1) is 43.8 Å². The molecule has 2 saturated heterocycles. The van der Waals surface area contributed by atoms with Gasteiger partial charge in [0, 0.05) is 28.2 Å². The highest BCUT2D eigenvalue weighted by atomic mass is 16.8. The first-order valence-corrected chi connectivity index (χ1v) is 17.5.